The standard InChI is InChI=1S/C18H20/c1-4-15-6-5-7-18(13-15)17-10-8-16(9-11-17)12-14(2)3/h4-11,13-14H,1,12H2,2-3H3. The molecule has 2 aromatic carbocycles. The quantitative estimate of drug-likeness (QED) is 0.685. The molecule has 0 atom stereocenters. The molecule has 0 aromatic heterocycles. The molecule has 2 rings (SSSR count). The van der Waals surface area contributed by atoms with Crippen molar-refractivity contribution in [3.63, 3.8) is 0 Å². The van der Waals surface area contributed by atoms with Crippen LogP contribution in [0.25, 0.3) is 17.2 Å². The molecule has 0 nitrogen and oxygen atoms in total. The Labute approximate surface area is 110 Å². The van der Waals surface area contributed by atoms with E-state index in [0.717, 1.165) is 6.42 Å². The molecular formula is C18H20. The van der Waals surface area contributed by atoms with Gasteiger partial charge in [-0.2, -0.15) is 0 Å². The van der Waals surface area contributed by atoms with Crippen molar-refractivity contribution in [3.8, 4) is 11.1 Å². The van der Waals surface area contributed by atoms with Crippen LogP contribution in [-0.4, -0.2) is 0 Å². The fourth-order valence-corrected chi connectivity index (χ4v) is 2.15. The van der Waals surface area contributed by atoms with Gasteiger partial charge in [0.25, 0.3) is 0 Å². The van der Waals surface area contributed by atoms with Crippen LogP contribution in [0.3, 0.4) is 0 Å². The first-order valence-electron chi connectivity index (χ1n) is 6.51. The highest BCUT2D eigenvalue weighted by atomic mass is 14.1. The first-order valence-corrected chi connectivity index (χ1v) is 6.51. The summed E-state index contributed by atoms with van der Waals surface area (Å²) in [5.41, 5.74) is 5.10. The fraction of sp³-hybridized carbons (Fsp3) is 0.222. The molecule has 0 spiro atoms. The normalized spacial score (nSPS) is 10.6. The highest BCUT2D eigenvalue weighted by molar-refractivity contribution is 5.67. The van der Waals surface area contributed by atoms with E-state index in [2.05, 4.69) is 69.0 Å². The molecule has 0 fully saturated rings. The van der Waals surface area contributed by atoms with Crippen molar-refractivity contribution in [3.05, 3.63) is 66.2 Å². The lowest BCUT2D eigenvalue weighted by molar-refractivity contribution is 0.647. The van der Waals surface area contributed by atoms with Gasteiger partial charge in [-0.3, -0.25) is 0 Å². The maximum Gasteiger partial charge on any atom is -0.0178 e. The summed E-state index contributed by atoms with van der Waals surface area (Å²) in [6.07, 6.45) is 3.03. The molecule has 0 heterocycles. The minimum Gasteiger partial charge on any atom is -0.0985 e. The number of benzene rings is 2. The Bertz CT molecular complexity index is 518. The second-order valence-corrected chi connectivity index (χ2v) is 5.12. The van der Waals surface area contributed by atoms with Crippen LogP contribution in [0, 0.1) is 5.92 Å². The Morgan fingerprint density at radius 2 is 1.72 bits per heavy atom. The van der Waals surface area contributed by atoms with Crippen molar-refractivity contribution >= 4 is 6.08 Å². The summed E-state index contributed by atoms with van der Waals surface area (Å²) in [5.74, 6) is 0.708. The Morgan fingerprint density at radius 1 is 1.00 bits per heavy atom. The van der Waals surface area contributed by atoms with Crippen molar-refractivity contribution in [2.24, 2.45) is 5.92 Å². The van der Waals surface area contributed by atoms with Crippen LogP contribution in [0.4, 0.5) is 0 Å². The van der Waals surface area contributed by atoms with Crippen molar-refractivity contribution < 1.29 is 0 Å². The monoisotopic (exact) mass is 236 g/mol. The average molecular weight is 236 g/mol. The molecule has 0 saturated heterocycles. The van der Waals surface area contributed by atoms with E-state index >= 15 is 0 Å². The Balaban J connectivity index is 2.25. The number of hydrogen-bond acceptors (Lipinski definition) is 0. The zero-order valence-electron chi connectivity index (χ0n) is 11.2. The Kier molecular flexibility index (Phi) is 3.99. The van der Waals surface area contributed by atoms with Crippen molar-refractivity contribution in [2.75, 3.05) is 0 Å². The van der Waals surface area contributed by atoms with Gasteiger partial charge in [-0.15, -0.1) is 0 Å². The van der Waals surface area contributed by atoms with E-state index in [1.807, 2.05) is 6.08 Å². The van der Waals surface area contributed by atoms with Crippen LogP contribution >= 0.6 is 0 Å². The molecule has 0 bridgehead atoms. The highest BCUT2D eigenvalue weighted by Crippen LogP contribution is 2.22. The number of hydrogen-bond donors (Lipinski definition) is 0. The maximum absolute atomic E-state index is 3.81. The summed E-state index contributed by atoms with van der Waals surface area (Å²) in [5, 5.41) is 0. The summed E-state index contributed by atoms with van der Waals surface area (Å²) in [6, 6.07) is 17.3. The lowest BCUT2D eigenvalue weighted by atomic mass is 9.98. The lowest BCUT2D eigenvalue weighted by Crippen LogP contribution is -1.93. The molecule has 0 amide bonds. The fourth-order valence-electron chi connectivity index (χ4n) is 2.15. The molecule has 0 aliphatic heterocycles. The minimum atomic E-state index is 0.708. The van der Waals surface area contributed by atoms with Gasteiger partial charge >= 0.3 is 0 Å². The smallest absolute Gasteiger partial charge is 0.0178 e. The first-order chi connectivity index (χ1) is 8.69. The maximum atomic E-state index is 3.81. The van der Waals surface area contributed by atoms with Gasteiger partial charge in [0, 0.05) is 0 Å². The third kappa shape index (κ3) is 3.10. The average Bonchev–Trinajstić information content (AvgIpc) is 2.39. The van der Waals surface area contributed by atoms with Gasteiger partial charge in [0.05, 0.1) is 0 Å². The van der Waals surface area contributed by atoms with Crippen LogP contribution in [0.2, 0.25) is 0 Å². The molecule has 0 aliphatic rings. The predicted octanol–water partition coefficient (Wildman–Crippen LogP) is 5.20. The largest absolute Gasteiger partial charge is 0.0985 e. The third-order valence-corrected chi connectivity index (χ3v) is 3.05. The second-order valence-electron chi connectivity index (χ2n) is 5.12. The predicted molar refractivity (Wildman–Crippen MR) is 80.5 cm³/mol. The van der Waals surface area contributed by atoms with Gasteiger partial charge in [-0.05, 0) is 40.7 Å². The molecule has 0 heteroatoms. The number of rotatable bonds is 4. The van der Waals surface area contributed by atoms with E-state index in [4.69, 9.17) is 0 Å². The Hall–Kier alpha value is -1.82. The van der Waals surface area contributed by atoms with Gasteiger partial charge in [-0.25, -0.2) is 0 Å². The third-order valence-electron chi connectivity index (χ3n) is 3.05. The van der Waals surface area contributed by atoms with E-state index < -0.39 is 0 Å². The first kappa shape index (κ1) is 12.6. The SMILES string of the molecule is C=Cc1cccc(-c2ccc(CC(C)C)cc2)c1. The van der Waals surface area contributed by atoms with E-state index in [1.54, 1.807) is 0 Å². The van der Waals surface area contributed by atoms with Crippen molar-refractivity contribution in [2.45, 2.75) is 20.3 Å². The zero-order chi connectivity index (χ0) is 13.0. The van der Waals surface area contributed by atoms with Gasteiger partial charge < -0.3 is 0 Å². The summed E-state index contributed by atoms with van der Waals surface area (Å²) in [7, 11) is 0. The molecule has 0 unspecified atom stereocenters. The van der Waals surface area contributed by atoms with Gasteiger partial charge in [-0.1, -0.05) is 69.0 Å². The molecule has 0 N–H and O–H groups in total. The van der Waals surface area contributed by atoms with Crippen LogP contribution < -0.4 is 0 Å². The van der Waals surface area contributed by atoms with Crippen LogP contribution in [-0.2, 0) is 6.42 Å². The van der Waals surface area contributed by atoms with Gasteiger partial charge in [0.1, 0.15) is 0 Å². The van der Waals surface area contributed by atoms with Gasteiger partial charge in [0.15, 0.2) is 0 Å². The molecule has 0 saturated carbocycles. The van der Waals surface area contributed by atoms with Crippen LogP contribution in [0.1, 0.15) is 25.0 Å². The van der Waals surface area contributed by atoms with E-state index in [1.165, 1.54) is 22.3 Å². The second kappa shape index (κ2) is 5.68. The van der Waals surface area contributed by atoms with Crippen molar-refractivity contribution in [1.29, 1.82) is 0 Å². The summed E-state index contributed by atoms with van der Waals surface area (Å²) in [6.45, 7) is 8.32. The highest BCUT2D eigenvalue weighted by Gasteiger charge is 2.00. The molecule has 0 radical (unpaired) electrons. The molecular weight excluding hydrogens is 216 g/mol. The topological polar surface area (TPSA) is 0 Å². The summed E-state index contributed by atoms with van der Waals surface area (Å²) < 4.78 is 0. The van der Waals surface area contributed by atoms with Crippen LogP contribution in [0.15, 0.2) is 55.1 Å². The van der Waals surface area contributed by atoms with Crippen molar-refractivity contribution in [1.82, 2.24) is 0 Å². The minimum absolute atomic E-state index is 0.708. The Morgan fingerprint density at radius 3 is 2.33 bits per heavy atom. The molecule has 2 aromatic rings. The molecule has 18 heavy (non-hydrogen) atoms. The summed E-state index contributed by atoms with van der Waals surface area (Å²) >= 11 is 0. The van der Waals surface area contributed by atoms with Gasteiger partial charge in [0.2, 0.25) is 0 Å². The lowest BCUT2D eigenvalue weighted by Gasteiger charge is -2.07. The van der Waals surface area contributed by atoms with E-state index in [0.29, 0.717) is 5.92 Å². The van der Waals surface area contributed by atoms with E-state index in [-0.39, 0.29) is 0 Å². The zero-order valence-corrected chi connectivity index (χ0v) is 11.2. The summed E-state index contributed by atoms with van der Waals surface area (Å²) in [4.78, 5) is 0. The molecule has 92 valence electrons. The van der Waals surface area contributed by atoms with E-state index in [9.17, 15) is 0 Å². The van der Waals surface area contributed by atoms with Crippen LogP contribution in [0.5, 0.6) is 0 Å². The molecule has 0 aliphatic carbocycles.